The third-order valence-electron chi connectivity index (χ3n) is 2.68. The van der Waals surface area contributed by atoms with E-state index in [2.05, 4.69) is 20.8 Å². The van der Waals surface area contributed by atoms with Gasteiger partial charge in [0.15, 0.2) is 10.8 Å². The number of imide groups is 1. The Balaban J connectivity index is 2.16. The van der Waals surface area contributed by atoms with Gasteiger partial charge in [-0.05, 0) is 13.0 Å². The molecule has 0 spiro atoms. The smallest absolute Gasteiger partial charge is 0.338 e. The van der Waals surface area contributed by atoms with E-state index in [4.69, 9.17) is 11.6 Å². The van der Waals surface area contributed by atoms with E-state index in [1.54, 1.807) is 6.92 Å². The highest BCUT2D eigenvalue weighted by molar-refractivity contribution is 7.99. The summed E-state index contributed by atoms with van der Waals surface area (Å²) in [6, 6.07) is 0.0959. The number of hydrogen-bond acceptors (Lipinski definition) is 5. The molecule has 2 rings (SSSR count). The van der Waals surface area contributed by atoms with Crippen LogP contribution in [0.25, 0.3) is 5.65 Å². The van der Waals surface area contributed by atoms with Crippen molar-refractivity contribution < 1.29 is 22.8 Å². The lowest BCUT2D eigenvalue weighted by Crippen LogP contribution is -2.40. The molecule has 24 heavy (non-hydrogen) atoms. The predicted molar refractivity (Wildman–Crippen MR) is 80.9 cm³/mol. The minimum absolute atomic E-state index is 0.0382. The van der Waals surface area contributed by atoms with E-state index in [-0.39, 0.29) is 21.6 Å². The summed E-state index contributed by atoms with van der Waals surface area (Å²) < 4.78 is 39.6. The molecule has 0 unspecified atom stereocenters. The molecule has 0 saturated heterocycles. The van der Waals surface area contributed by atoms with Crippen LogP contribution in [0.5, 0.6) is 0 Å². The number of nitrogens with one attached hydrogen (secondary N) is 2. The van der Waals surface area contributed by atoms with Gasteiger partial charge in [0.05, 0.1) is 16.3 Å². The third kappa shape index (κ3) is 4.29. The number of nitrogens with zero attached hydrogens (tertiary/aromatic N) is 3. The molecule has 7 nitrogen and oxygen atoms in total. The van der Waals surface area contributed by atoms with Gasteiger partial charge in [-0.15, -0.1) is 10.2 Å². The fourth-order valence-corrected chi connectivity index (χ4v) is 2.64. The molecule has 130 valence electrons. The van der Waals surface area contributed by atoms with Crippen LogP contribution in [0.4, 0.5) is 18.0 Å². The number of alkyl halides is 3. The van der Waals surface area contributed by atoms with E-state index in [0.717, 1.165) is 28.4 Å². The molecule has 2 aromatic rings. The van der Waals surface area contributed by atoms with Gasteiger partial charge in [0, 0.05) is 12.7 Å². The summed E-state index contributed by atoms with van der Waals surface area (Å²) in [5.74, 6) is -0.855. The molecule has 0 atom stereocenters. The number of fused-ring (bicyclic) bond motifs is 1. The van der Waals surface area contributed by atoms with Crippen molar-refractivity contribution >= 4 is 40.9 Å². The molecule has 0 aromatic carbocycles. The lowest BCUT2D eigenvalue weighted by molar-refractivity contribution is -0.137. The third-order valence-corrected chi connectivity index (χ3v) is 3.90. The second kappa shape index (κ2) is 7.26. The molecule has 0 bridgehead atoms. The van der Waals surface area contributed by atoms with Crippen molar-refractivity contribution in [2.75, 3.05) is 12.3 Å². The predicted octanol–water partition coefficient (Wildman–Crippen LogP) is 2.34. The zero-order chi connectivity index (χ0) is 17.9. The van der Waals surface area contributed by atoms with E-state index >= 15 is 0 Å². The first kappa shape index (κ1) is 18.3. The number of carbonyl (C=O) groups excluding carboxylic acids is 2. The maximum Gasteiger partial charge on any atom is 0.417 e. The van der Waals surface area contributed by atoms with Crippen LogP contribution in [0.1, 0.15) is 12.5 Å². The van der Waals surface area contributed by atoms with E-state index in [0.29, 0.717) is 6.54 Å². The summed E-state index contributed by atoms with van der Waals surface area (Å²) in [5, 5.41) is 11.7. The van der Waals surface area contributed by atoms with E-state index < -0.39 is 23.7 Å². The molecule has 2 N–H and O–H groups in total. The van der Waals surface area contributed by atoms with Crippen molar-refractivity contribution in [2.45, 2.75) is 18.3 Å². The quantitative estimate of drug-likeness (QED) is 0.794. The number of urea groups is 1. The molecule has 12 heteroatoms. The van der Waals surface area contributed by atoms with Gasteiger partial charge in [-0.3, -0.25) is 14.5 Å². The Morgan fingerprint density at radius 2 is 2.08 bits per heavy atom. The van der Waals surface area contributed by atoms with Crippen molar-refractivity contribution in [3.8, 4) is 0 Å². The summed E-state index contributed by atoms with van der Waals surface area (Å²) in [6.45, 7) is 2.03. The Morgan fingerprint density at radius 1 is 1.38 bits per heavy atom. The molecule has 0 saturated carbocycles. The Bertz CT molecular complexity index is 780. The largest absolute Gasteiger partial charge is 0.417 e. The van der Waals surface area contributed by atoms with Crippen LogP contribution in [-0.4, -0.2) is 38.8 Å². The highest BCUT2D eigenvalue weighted by Crippen LogP contribution is 2.33. The van der Waals surface area contributed by atoms with Crippen LogP contribution < -0.4 is 10.6 Å². The molecule has 3 amide bonds. The highest BCUT2D eigenvalue weighted by atomic mass is 35.5. The molecule has 0 aliphatic rings. The first-order valence-corrected chi connectivity index (χ1v) is 7.90. The van der Waals surface area contributed by atoms with Gasteiger partial charge in [0.1, 0.15) is 0 Å². The molecular formula is C12H11ClF3N5O2S. The fraction of sp³-hybridized carbons (Fsp3) is 0.333. The van der Waals surface area contributed by atoms with Crippen molar-refractivity contribution in [2.24, 2.45) is 0 Å². The van der Waals surface area contributed by atoms with Crippen LogP contribution in [0.2, 0.25) is 5.02 Å². The Labute approximate surface area is 142 Å². The van der Waals surface area contributed by atoms with E-state index in [1.165, 1.54) is 0 Å². The maximum absolute atomic E-state index is 12.8. The van der Waals surface area contributed by atoms with E-state index in [9.17, 15) is 22.8 Å². The monoisotopic (exact) mass is 381 g/mol. The van der Waals surface area contributed by atoms with Gasteiger partial charge in [-0.2, -0.15) is 13.2 Å². The minimum Gasteiger partial charge on any atom is -0.338 e. The van der Waals surface area contributed by atoms with Crippen molar-refractivity contribution in [3.05, 3.63) is 22.8 Å². The van der Waals surface area contributed by atoms with Crippen molar-refractivity contribution in [1.82, 2.24) is 25.2 Å². The molecule has 0 radical (unpaired) electrons. The maximum atomic E-state index is 12.8. The second-order valence-electron chi connectivity index (χ2n) is 4.45. The zero-order valence-electron chi connectivity index (χ0n) is 12.1. The van der Waals surface area contributed by atoms with Crippen molar-refractivity contribution in [1.29, 1.82) is 0 Å². The first-order chi connectivity index (χ1) is 11.2. The van der Waals surface area contributed by atoms with Crippen LogP contribution >= 0.6 is 23.4 Å². The lowest BCUT2D eigenvalue weighted by Gasteiger charge is -2.08. The Kier molecular flexibility index (Phi) is 5.54. The normalized spacial score (nSPS) is 11.5. The van der Waals surface area contributed by atoms with Gasteiger partial charge in [0.25, 0.3) is 0 Å². The molecular weight excluding hydrogens is 371 g/mol. The Morgan fingerprint density at radius 3 is 2.71 bits per heavy atom. The first-order valence-electron chi connectivity index (χ1n) is 6.54. The van der Waals surface area contributed by atoms with E-state index in [1.807, 2.05) is 0 Å². The number of amides is 3. The number of aromatic nitrogens is 3. The van der Waals surface area contributed by atoms with Gasteiger partial charge in [-0.1, -0.05) is 23.4 Å². The highest BCUT2D eigenvalue weighted by Gasteiger charge is 2.32. The molecule has 0 aliphatic carbocycles. The average molecular weight is 382 g/mol. The molecule has 2 heterocycles. The summed E-state index contributed by atoms with van der Waals surface area (Å²) >= 11 is 6.61. The van der Waals surface area contributed by atoms with Crippen LogP contribution in [-0.2, 0) is 11.0 Å². The van der Waals surface area contributed by atoms with Crippen LogP contribution in [0.15, 0.2) is 17.4 Å². The van der Waals surface area contributed by atoms with Gasteiger partial charge in [0.2, 0.25) is 5.91 Å². The zero-order valence-corrected chi connectivity index (χ0v) is 13.7. The lowest BCUT2D eigenvalue weighted by atomic mass is 10.3. The topological polar surface area (TPSA) is 88.4 Å². The Hall–Kier alpha value is -2.01. The number of halogens is 4. The van der Waals surface area contributed by atoms with Gasteiger partial charge in [-0.25, -0.2) is 4.79 Å². The number of thioether (sulfide) groups is 1. The number of pyridine rings is 1. The summed E-state index contributed by atoms with van der Waals surface area (Å²) in [6.07, 6.45) is -3.79. The molecule has 0 aliphatic heterocycles. The van der Waals surface area contributed by atoms with Gasteiger partial charge >= 0.3 is 12.2 Å². The van der Waals surface area contributed by atoms with Crippen molar-refractivity contribution in [3.63, 3.8) is 0 Å². The van der Waals surface area contributed by atoms with Gasteiger partial charge < -0.3 is 5.32 Å². The average Bonchev–Trinajstić information content (AvgIpc) is 2.88. The number of hydrogen-bond donors (Lipinski definition) is 2. The SMILES string of the molecule is CCNC(=O)NC(=O)CSc1nnc2c(Cl)cc(C(F)(F)F)cn12. The van der Waals surface area contributed by atoms with Crippen LogP contribution in [0.3, 0.4) is 0 Å². The standard InChI is InChI=1S/C12H11ClF3N5O2S/c1-2-17-10(23)18-8(22)5-24-11-20-19-9-7(13)3-6(4-21(9)11)12(14,15)16/h3-4H,2,5H2,1H3,(H2,17,18,22,23). The van der Waals surface area contributed by atoms with Crippen LogP contribution in [0, 0.1) is 0 Å². The minimum atomic E-state index is -4.58. The summed E-state index contributed by atoms with van der Waals surface area (Å²) in [4.78, 5) is 22.8. The number of carbonyl (C=O) groups is 2. The number of rotatable bonds is 4. The second-order valence-corrected chi connectivity index (χ2v) is 5.80. The summed E-state index contributed by atoms with van der Waals surface area (Å²) in [7, 11) is 0. The molecule has 2 aromatic heterocycles. The fourth-order valence-electron chi connectivity index (χ4n) is 1.68. The molecule has 0 fully saturated rings. The summed E-state index contributed by atoms with van der Waals surface area (Å²) in [5.41, 5.74) is -0.926.